The number of hydrogen-bond acceptors (Lipinski definition) is 16. The van der Waals surface area contributed by atoms with Gasteiger partial charge in [0.25, 0.3) is 0 Å². The Morgan fingerprint density at radius 2 is 1.18 bits per heavy atom. The van der Waals surface area contributed by atoms with Crippen molar-refractivity contribution < 1.29 is 79.5 Å². The van der Waals surface area contributed by atoms with E-state index in [0.717, 1.165) is 0 Å². The van der Waals surface area contributed by atoms with Gasteiger partial charge in [-0.2, -0.15) is 0 Å². The van der Waals surface area contributed by atoms with Gasteiger partial charge in [-0.1, -0.05) is 0 Å². The molecule has 10 N–H and O–H groups in total. The Hall–Kier alpha value is -0.640. The van der Waals surface area contributed by atoms with E-state index in [9.17, 15) is 51.1 Å². The molecule has 0 aliphatic carbocycles. The van der Waals surface area contributed by atoms with Gasteiger partial charge in [-0.05, 0) is 0 Å². The van der Waals surface area contributed by atoms with Crippen molar-refractivity contribution in [1.29, 1.82) is 0 Å². The van der Waals surface area contributed by atoms with Gasteiger partial charge in [-0.3, -0.25) is 0 Å². The lowest BCUT2D eigenvalue weighted by Gasteiger charge is -2.46. The Morgan fingerprint density at radius 3 is 1.79 bits per heavy atom. The van der Waals surface area contributed by atoms with Crippen LogP contribution in [0.4, 0.5) is 0 Å². The van der Waals surface area contributed by atoms with Gasteiger partial charge in [0.2, 0.25) is 0 Å². The van der Waals surface area contributed by atoms with Crippen LogP contribution in [0.5, 0.6) is 0 Å². The zero-order valence-electron chi connectivity index (χ0n) is 18.0. The fraction of sp³-hybridized carbons (Fsp3) is 1.00. The molecule has 16 nitrogen and oxygen atoms in total. The topological polar surface area (TPSA) is 258 Å². The molecule has 0 saturated carbocycles. The number of hydrogen-bond donors (Lipinski definition) is 10. The number of rotatable bonds is 7. The second-order valence-corrected chi connectivity index (χ2v) is 8.26. The van der Waals surface area contributed by atoms with E-state index < -0.39 is 106 Å². The van der Waals surface area contributed by atoms with Crippen molar-refractivity contribution in [3.8, 4) is 0 Å². The molecule has 15 atom stereocenters. The third-order valence-corrected chi connectivity index (χ3v) is 5.98. The van der Waals surface area contributed by atoms with Gasteiger partial charge in [-0.25, -0.2) is 0 Å². The van der Waals surface area contributed by atoms with Gasteiger partial charge in [-0.15, -0.1) is 0 Å². The molecule has 3 rings (SSSR count). The normalized spacial score (nSPS) is 52.5. The third kappa shape index (κ3) is 5.52. The molecule has 0 amide bonds. The van der Waals surface area contributed by atoms with Crippen LogP contribution in [-0.4, -0.2) is 164 Å². The van der Waals surface area contributed by atoms with Gasteiger partial charge in [0.15, 0.2) is 25.2 Å². The van der Waals surface area contributed by atoms with E-state index in [1.807, 2.05) is 0 Å². The highest BCUT2D eigenvalue weighted by atomic mass is 16.8. The molecule has 0 spiro atoms. The van der Waals surface area contributed by atoms with Crippen molar-refractivity contribution in [1.82, 2.24) is 0 Å². The number of aliphatic hydroxyl groups excluding tert-OH is 10. The highest BCUT2D eigenvalue weighted by Gasteiger charge is 2.51. The van der Waals surface area contributed by atoms with E-state index in [1.54, 1.807) is 0 Å². The fourth-order valence-electron chi connectivity index (χ4n) is 3.89. The largest absolute Gasteiger partial charge is 0.394 e. The molecule has 0 aromatic carbocycles. The predicted molar refractivity (Wildman–Crippen MR) is 101 cm³/mol. The van der Waals surface area contributed by atoms with Crippen molar-refractivity contribution in [2.45, 2.75) is 92.3 Å². The van der Waals surface area contributed by atoms with Crippen molar-refractivity contribution in [2.24, 2.45) is 0 Å². The molecule has 0 bridgehead atoms. The summed E-state index contributed by atoms with van der Waals surface area (Å²) in [5.41, 5.74) is 0. The van der Waals surface area contributed by atoms with E-state index >= 15 is 0 Å². The van der Waals surface area contributed by atoms with E-state index in [-0.39, 0.29) is 0 Å². The first kappa shape index (κ1) is 27.9. The molecule has 200 valence electrons. The predicted octanol–water partition coefficient (Wildman–Crippen LogP) is -6.96. The molecule has 3 aliphatic heterocycles. The maximum absolute atomic E-state index is 10.7. The minimum absolute atomic E-state index is 0.556. The summed E-state index contributed by atoms with van der Waals surface area (Å²) in [4.78, 5) is 0. The first-order valence-corrected chi connectivity index (χ1v) is 10.5. The van der Waals surface area contributed by atoms with E-state index in [0.29, 0.717) is 0 Å². The van der Waals surface area contributed by atoms with Gasteiger partial charge in [0.05, 0.1) is 13.2 Å². The Bertz CT molecular complexity index is 639. The average molecular weight is 504 g/mol. The third-order valence-electron chi connectivity index (χ3n) is 5.98. The smallest absolute Gasteiger partial charge is 0.189 e. The number of ether oxygens (including phenoxy) is 6. The second kappa shape index (κ2) is 11.6. The lowest BCUT2D eigenvalue weighted by atomic mass is 9.97. The molecule has 0 aromatic rings. The van der Waals surface area contributed by atoms with Gasteiger partial charge < -0.3 is 79.5 Å². The van der Waals surface area contributed by atoms with Crippen LogP contribution in [0.1, 0.15) is 0 Å². The number of methoxy groups -OCH3 is 1. The molecule has 0 aromatic heterocycles. The Kier molecular flexibility index (Phi) is 9.54. The zero-order valence-corrected chi connectivity index (χ0v) is 18.0. The molecule has 3 saturated heterocycles. The van der Waals surface area contributed by atoms with E-state index in [4.69, 9.17) is 28.4 Å². The summed E-state index contributed by atoms with van der Waals surface area (Å²) in [6.07, 6.45) is -24.6. The molecule has 3 aliphatic rings. The first-order chi connectivity index (χ1) is 16.0. The Morgan fingerprint density at radius 1 is 0.588 bits per heavy atom. The molecular formula is C18H32O16. The molecule has 3 heterocycles. The van der Waals surface area contributed by atoms with Crippen molar-refractivity contribution >= 4 is 0 Å². The molecule has 3 fully saturated rings. The Balaban J connectivity index is 1.68. The Labute approximate surface area is 193 Å². The van der Waals surface area contributed by atoms with Gasteiger partial charge >= 0.3 is 0 Å². The van der Waals surface area contributed by atoms with Crippen LogP contribution in [0.25, 0.3) is 0 Å². The summed E-state index contributed by atoms with van der Waals surface area (Å²) >= 11 is 0. The van der Waals surface area contributed by atoms with Crippen LogP contribution >= 0.6 is 0 Å². The summed E-state index contributed by atoms with van der Waals surface area (Å²) in [5, 5.41) is 99.4. The van der Waals surface area contributed by atoms with Gasteiger partial charge in [0, 0.05) is 7.11 Å². The van der Waals surface area contributed by atoms with Crippen LogP contribution in [0.15, 0.2) is 0 Å². The van der Waals surface area contributed by atoms with Crippen molar-refractivity contribution in [2.75, 3.05) is 20.3 Å². The van der Waals surface area contributed by atoms with Gasteiger partial charge in [0.1, 0.15) is 67.1 Å². The van der Waals surface area contributed by atoms with Crippen LogP contribution in [0, 0.1) is 0 Å². The number of aliphatic hydroxyl groups is 10. The van der Waals surface area contributed by atoms with Crippen LogP contribution < -0.4 is 0 Å². The standard InChI is InChI=1S/C18H32O16/c1-29-16-13(27)14(33-18-12(26)8(22)6(20)4(2-19)31-18)7(21)5(32-16)3-30-17-11(25)9(23)10(24)15(28)34-17/h4-28H,2-3H2,1H3. The maximum atomic E-state index is 10.7. The summed E-state index contributed by atoms with van der Waals surface area (Å²) in [7, 11) is 1.18. The molecule has 0 radical (unpaired) electrons. The molecule has 16 heteroatoms. The fourth-order valence-corrected chi connectivity index (χ4v) is 3.89. The lowest BCUT2D eigenvalue weighted by Crippen LogP contribution is -2.65. The van der Waals surface area contributed by atoms with Crippen LogP contribution in [-0.2, 0) is 28.4 Å². The maximum Gasteiger partial charge on any atom is 0.189 e. The van der Waals surface area contributed by atoms with Crippen molar-refractivity contribution in [3.05, 3.63) is 0 Å². The lowest BCUT2D eigenvalue weighted by molar-refractivity contribution is -0.369. The first-order valence-electron chi connectivity index (χ1n) is 10.5. The highest BCUT2D eigenvalue weighted by molar-refractivity contribution is 4.94. The molecule has 34 heavy (non-hydrogen) atoms. The van der Waals surface area contributed by atoms with Crippen molar-refractivity contribution in [3.63, 3.8) is 0 Å². The summed E-state index contributed by atoms with van der Waals surface area (Å²) in [6, 6.07) is 0. The zero-order chi connectivity index (χ0) is 25.3. The van der Waals surface area contributed by atoms with E-state index in [1.165, 1.54) is 7.11 Å². The SMILES string of the molecule is COC1OC(COC2OC(O)C(O)C(O)C2O)C(O)C(OC2OC(CO)C(O)C(O)C2O)C1O. The quantitative estimate of drug-likeness (QED) is 0.154. The summed E-state index contributed by atoms with van der Waals surface area (Å²) in [6.45, 7) is -1.28. The van der Waals surface area contributed by atoms with Crippen LogP contribution in [0.3, 0.4) is 0 Å². The summed E-state index contributed by atoms with van der Waals surface area (Å²) in [5.74, 6) is 0. The second-order valence-electron chi connectivity index (χ2n) is 8.26. The minimum Gasteiger partial charge on any atom is -0.394 e. The molecule has 15 unspecified atom stereocenters. The van der Waals surface area contributed by atoms with Crippen LogP contribution in [0.2, 0.25) is 0 Å². The molecular weight excluding hydrogens is 472 g/mol. The highest BCUT2D eigenvalue weighted by Crippen LogP contribution is 2.30. The average Bonchev–Trinajstić information content (AvgIpc) is 2.82. The monoisotopic (exact) mass is 504 g/mol. The minimum atomic E-state index is -1.86. The van der Waals surface area contributed by atoms with E-state index in [2.05, 4.69) is 0 Å². The summed E-state index contributed by atoms with van der Waals surface area (Å²) < 4.78 is 31.3.